The quantitative estimate of drug-likeness (QED) is 0.841. The molecule has 1 aliphatic rings. The molecule has 0 spiro atoms. The summed E-state index contributed by atoms with van der Waals surface area (Å²) in [6, 6.07) is 5.64. The third-order valence-corrected chi connectivity index (χ3v) is 4.54. The standard InChI is InChI=1S/C16H19F3O2/c1-15(2)11(9-14(20)16(17,18)19)5-4-10-8-12(21-3)6-7-13(10)15/h6-8,11H,4-5,9H2,1-3H3. The molecule has 0 bridgehead atoms. The number of ketones is 1. The van der Waals surface area contributed by atoms with Crippen LogP contribution in [0.2, 0.25) is 0 Å². The van der Waals surface area contributed by atoms with Gasteiger partial charge >= 0.3 is 6.18 Å². The molecule has 0 aliphatic heterocycles. The number of carbonyl (C=O) groups is 1. The molecule has 2 nitrogen and oxygen atoms in total. The van der Waals surface area contributed by atoms with Gasteiger partial charge in [0.25, 0.3) is 0 Å². The van der Waals surface area contributed by atoms with Crippen LogP contribution in [-0.4, -0.2) is 19.1 Å². The summed E-state index contributed by atoms with van der Waals surface area (Å²) in [5.41, 5.74) is 1.64. The first kappa shape index (κ1) is 15.9. The summed E-state index contributed by atoms with van der Waals surface area (Å²) in [5.74, 6) is -1.18. The molecule has 1 aromatic carbocycles. The number of hydrogen-bond donors (Lipinski definition) is 0. The van der Waals surface area contributed by atoms with Crippen molar-refractivity contribution in [1.29, 1.82) is 0 Å². The summed E-state index contributed by atoms with van der Waals surface area (Å²) in [6.45, 7) is 3.82. The van der Waals surface area contributed by atoms with Crippen molar-refractivity contribution in [3.63, 3.8) is 0 Å². The highest BCUT2D eigenvalue weighted by molar-refractivity contribution is 5.84. The van der Waals surface area contributed by atoms with Crippen LogP contribution in [0.4, 0.5) is 13.2 Å². The molecule has 2 rings (SSSR count). The number of methoxy groups -OCH3 is 1. The molecule has 0 radical (unpaired) electrons. The van der Waals surface area contributed by atoms with E-state index in [4.69, 9.17) is 4.74 Å². The highest BCUT2D eigenvalue weighted by Gasteiger charge is 2.44. The first-order valence-corrected chi connectivity index (χ1v) is 6.93. The highest BCUT2D eigenvalue weighted by Crippen LogP contribution is 2.44. The first-order chi connectivity index (χ1) is 9.66. The van der Waals surface area contributed by atoms with Gasteiger partial charge in [0, 0.05) is 6.42 Å². The van der Waals surface area contributed by atoms with Crippen LogP contribution in [0.15, 0.2) is 18.2 Å². The Labute approximate surface area is 122 Å². The summed E-state index contributed by atoms with van der Waals surface area (Å²) in [6.07, 6.45) is -3.93. The number of carbonyl (C=O) groups excluding carboxylic acids is 1. The van der Waals surface area contributed by atoms with Crippen LogP contribution in [0.3, 0.4) is 0 Å². The number of hydrogen-bond acceptors (Lipinski definition) is 2. The molecule has 1 unspecified atom stereocenters. The summed E-state index contributed by atoms with van der Waals surface area (Å²) in [5, 5.41) is 0. The lowest BCUT2D eigenvalue weighted by atomic mass is 9.64. The van der Waals surface area contributed by atoms with Gasteiger partial charge in [-0.25, -0.2) is 0 Å². The summed E-state index contributed by atoms with van der Waals surface area (Å²) < 4.78 is 42.6. The van der Waals surface area contributed by atoms with Crippen molar-refractivity contribution in [1.82, 2.24) is 0 Å². The molecule has 0 heterocycles. The number of alkyl halides is 3. The lowest BCUT2D eigenvalue weighted by Gasteiger charge is -2.40. The van der Waals surface area contributed by atoms with E-state index in [1.54, 1.807) is 7.11 Å². The van der Waals surface area contributed by atoms with E-state index >= 15 is 0 Å². The maximum absolute atomic E-state index is 12.5. The van der Waals surface area contributed by atoms with E-state index in [0.717, 1.165) is 16.9 Å². The fourth-order valence-corrected chi connectivity index (χ4v) is 3.14. The predicted octanol–water partition coefficient (Wildman–Crippen LogP) is 4.06. The third kappa shape index (κ3) is 3.06. The molecule has 1 aromatic rings. The van der Waals surface area contributed by atoms with Crippen molar-refractivity contribution in [2.24, 2.45) is 5.92 Å². The molecule has 0 aromatic heterocycles. The summed E-state index contributed by atoms with van der Waals surface area (Å²) in [7, 11) is 1.58. The molecular weight excluding hydrogens is 281 g/mol. The van der Waals surface area contributed by atoms with Gasteiger partial charge in [-0.1, -0.05) is 19.9 Å². The van der Waals surface area contributed by atoms with Gasteiger partial charge in [0.15, 0.2) is 0 Å². The molecule has 1 aliphatic carbocycles. The summed E-state index contributed by atoms with van der Waals surface area (Å²) in [4.78, 5) is 11.3. The van der Waals surface area contributed by atoms with E-state index in [9.17, 15) is 18.0 Å². The largest absolute Gasteiger partial charge is 0.497 e. The van der Waals surface area contributed by atoms with Gasteiger partial charge in [-0.15, -0.1) is 0 Å². The van der Waals surface area contributed by atoms with Crippen LogP contribution in [-0.2, 0) is 16.6 Å². The zero-order valence-electron chi connectivity index (χ0n) is 12.4. The summed E-state index contributed by atoms with van der Waals surface area (Å²) >= 11 is 0. The lowest BCUT2D eigenvalue weighted by molar-refractivity contribution is -0.172. The zero-order chi connectivity index (χ0) is 15.8. The Morgan fingerprint density at radius 2 is 2.05 bits per heavy atom. The number of aryl methyl sites for hydroxylation is 1. The van der Waals surface area contributed by atoms with E-state index in [-0.39, 0.29) is 5.92 Å². The molecule has 116 valence electrons. The Balaban J connectivity index is 2.27. The van der Waals surface area contributed by atoms with Gasteiger partial charge in [-0.3, -0.25) is 4.79 Å². The maximum Gasteiger partial charge on any atom is 0.449 e. The molecule has 0 N–H and O–H groups in total. The van der Waals surface area contributed by atoms with Crippen molar-refractivity contribution in [3.05, 3.63) is 29.3 Å². The van der Waals surface area contributed by atoms with Crippen LogP contribution >= 0.6 is 0 Å². The average Bonchev–Trinajstić information content (AvgIpc) is 2.40. The Kier molecular flexibility index (Phi) is 4.04. The van der Waals surface area contributed by atoms with Gasteiger partial charge < -0.3 is 4.74 Å². The van der Waals surface area contributed by atoms with Gasteiger partial charge in [0.05, 0.1) is 7.11 Å². The van der Waals surface area contributed by atoms with Gasteiger partial charge in [0.2, 0.25) is 5.78 Å². The van der Waals surface area contributed by atoms with E-state index < -0.39 is 23.8 Å². The SMILES string of the molecule is COc1ccc2c(c1)CCC(CC(=O)C(F)(F)F)C2(C)C. The Bertz CT molecular complexity index is 547. The number of halogens is 3. The van der Waals surface area contributed by atoms with Crippen LogP contribution in [0.1, 0.15) is 37.8 Å². The Morgan fingerprint density at radius 3 is 2.62 bits per heavy atom. The molecule has 0 saturated heterocycles. The molecule has 0 fully saturated rings. The predicted molar refractivity (Wildman–Crippen MR) is 73.5 cm³/mol. The minimum Gasteiger partial charge on any atom is -0.497 e. The molecule has 0 saturated carbocycles. The van der Waals surface area contributed by atoms with E-state index in [1.165, 1.54) is 0 Å². The van der Waals surface area contributed by atoms with E-state index in [1.807, 2.05) is 32.0 Å². The average molecular weight is 300 g/mol. The maximum atomic E-state index is 12.5. The van der Waals surface area contributed by atoms with Crippen molar-refractivity contribution in [2.75, 3.05) is 7.11 Å². The van der Waals surface area contributed by atoms with Crippen LogP contribution in [0, 0.1) is 5.92 Å². The van der Waals surface area contributed by atoms with Crippen molar-refractivity contribution in [3.8, 4) is 5.75 Å². The molecule has 1 atom stereocenters. The fraction of sp³-hybridized carbons (Fsp3) is 0.562. The number of benzene rings is 1. The molecule has 0 amide bonds. The van der Waals surface area contributed by atoms with Crippen LogP contribution in [0.5, 0.6) is 5.75 Å². The molecule has 21 heavy (non-hydrogen) atoms. The number of rotatable bonds is 3. The lowest BCUT2D eigenvalue weighted by Crippen LogP contribution is -2.38. The minimum atomic E-state index is -4.74. The minimum absolute atomic E-state index is 0.299. The van der Waals surface area contributed by atoms with Crippen LogP contribution < -0.4 is 4.74 Å². The van der Waals surface area contributed by atoms with Crippen LogP contribution in [0.25, 0.3) is 0 Å². The Hall–Kier alpha value is -1.52. The fourth-order valence-electron chi connectivity index (χ4n) is 3.14. The smallest absolute Gasteiger partial charge is 0.449 e. The van der Waals surface area contributed by atoms with Crippen molar-refractivity contribution in [2.45, 2.75) is 44.7 Å². The van der Waals surface area contributed by atoms with E-state index in [0.29, 0.717) is 12.8 Å². The van der Waals surface area contributed by atoms with E-state index in [2.05, 4.69) is 0 Å². The zero-order valence-corrected chi connectivity index (χ0v) is 12.4. The number of Topliss-reactive ketones (excluding diaryl/α,β-unsaturated/α-hetero) is 1. The second-order valence-electron chi connectivity index (χ2n) is 6.11. The second kappa shape index (κ2) is 5.35. The molecule has 5 heteroatoms. The second-order valence-corrected chi connectivity index (χ2v) is 6.11. The van der Waals surface area contributed by atoms with Crippen molar-refractivity contribution < 1.29 is 22.7 Å². The first-order valence-electron chi connectivity index (χ1n) is 6.93. The third-order valence-electron chi connectivity index (χ3n) is 4.54. The van der Waals surface area contributed by atoms with Crippen molar-refractivity contribution >= 4 is 5.78 Å². The molecular formula is C16H19F3O2. The van der Waals surface area contributed by atoms with Gasteiger partial charge in [-0.05, 0) is 47.4 Å². The normalized spacial score (nSPS) is 20.8. The monoisotopic (exact) mass is 300 g/mol. The number of fused-ring (bicyclic) bond motifs is 1. The number of ether oxygens (including phenoxy) is 1. The Morgan fingerprint density at radius 1 is 1.38 bits per heavy atom. The van der Waals surface area contributed by atoms with Gasteiger partial charge in [0.1, 0.15) is 5.75 Å². The highest BCUT2D eigenvalue weighted by atomic mass is 19.4. The topological polar surface area (TPSA) is 26.3 Å². The van der Waals surface area contributed by atoms with Gasteiger partial charge in [-0.2, -0.15) is 13.2 Å².